The van der Waals surface area contributed by atoms with Crippen molar-refractivity contribution in [1.29, 1.82) is 0 Å². The quantitative estimate of drug-likeness (QED) is 0.439. The van der Waals surface area contributed by atoms with Crippen molar-refractivity contribution in [3.8, 4) is 0 Å². The highest BCUT2D eigenvalue weighted by Crippen LogP contribution is 2.43. The van der Waals surface area contributed by atoms with Crippen LogP contribution in [0.5, 0.6) is 0 Å². The molecule has 0 aliphatic rings. The van der Waals surface area contributed by atoms with Gasteiger partial charge in [-0.25, -0.2) is 0 Å². The van der Waals surface area contributed by atoms with Gasteiger partial charge in [-0.15, -0.1) is 0 Å². The van der Waals surface area contributed by atoms with Crippen molar-refractivity contribution in [2.45, 2.75) is 7.68 Å². The molecule has 78 valence electrons. The highest BCUT2D eigenvalue weighted by molar-refractivity contribution is 14.2. The fourth-order valence-electron chi connectivity index (χ4n) is 0.897. The van der Waals surface area contributed by atoms with Crippen LogP contribution in [0.1, 0.15) is 11.1 Å². The number of halogens is 2. The molecule has 0 aliphatic heterocycles. The van der Waals surface area contributed by atoms with E-state index in [9.17, 15) is 8.42 Å². The lowest BCUT2D eigenvalue weighted by molar-refractivity contribution is 0.481. The second kappa shape index (κ2) is 4.22. The molecular formula is C8H8I2O3S. The summed E-state index contributed by atoms with van der Waals surface area (Å²) in [5.41, 5.74) is 1.61. The van der Waals surface area contributed by atoms with Gasteiger partial charge < -0.3 is 0 Å². The second-order valence-electron chi connectivity index (χ2n) is 2.86. The molecule has 0 amide bonds. The van der Waals surface area contributed by atoms with E-state index in [0.717, 1.165) is 5.56 Å². The van der Waals surface area contributed by atoms with E-state index in [1.165, 1.54) is 0 Å². The maximum absolute atomic E-state index is 11.1. The predicted octanol–water partition coefficient (Wildman–Crippen LogP) is 2.86. The molecule has 3 nitrogen and oxygen atoms in total. The molecule has 0 heterocycles. The van der Waals surface area contributed by atoms with E-state index in [2.05, 4.69) is 0 Å². The maximum atomic E-state index is 11.1. The summed E-state index contributed by atoms with van der Waals surface area (Å²) in [7, 11) is -4.09. The predicted molar refractivity (Wildman–Crippen MR) is 72.4 cm³/mol. The molecule has 0 atom stereocenters. The Bertz CT molecular complexity index is 422. The molecule has 0 unspecified atom stereocenters. The SMILES string of the molecule is Cc1ccc(C(I)(I)S(=O)(=O)O)cc1. The van der Waals surface area contributed by atoms with Crippen LogP contribution in [-0.4, -0.2) is 13.0 Å². The number of rotatable bonds is 2. The second-order valence-corrected chi connectivity index (χ2v) is 11.2. The summed E-state index contributed by atoms with van der Waals surface area (Å²) in [6.07, 6.45) is 0. The van der Waals surface area contributed by atoms with Gasteiger partial charge in [0.15, 0.2) is 0 Å². The summed E-state index contributed by atoms with van der Waals surface area (Å²) in [4.78, 5) is 0. The molecule has 0 aromatic heterocycles. The first-order chi connectivity index (χ1) is 6.25. The number of alkyl halides is 2. The molecule has 14 heavy (non-hydrogen) atoms. The van der Waals surface area contributed by atoms with Gasteiger partial charge in [-0.2, -0.15) is 8.42 Å². The van der Waals surface area contributed by atoms with Crippen LogP contribution in [0.2, 0.25) is 0 Å². The summed E-state index contributed by atoms with van der Waals surface area (Å²) in [6, 6.07) is 7.02. The van der Waals surface area contributed by atoms with Crippen LogP contribution in [0.3, 0.4) is 0 Å². The highest BCUT2D eigenvalue weighted by atomic mass is 127. The molecule has 0 aliphatic carbocycles. The Morgan fingerprint density at radius 2 is 1.64 bits per heavy atom. The number of benzene rings is 1. The van der Waals surface area contributed by atoms with Crippen LogP contribution in [0.4, 0.5) is 0 Å². The van der Waals surface area contributed by atoms with Crippen molar-refractivity contribution in [1.82, 2.24) is 0 Å². The van der Waals surface area contributed by atoms with Gasteiger partial charge in [0.05, 0.1) is 0 Å². The number of aryl methyl sites for hydroxylation is 1. The van der Waals surface area contributed by atoms with Gasteiger partial charge in [-0.1, -0.05) is 29.8 Å². The average Bonchev–Trinajstić information content (AvgIpc) is 2.03. The first-order valence-electron chi connectivity index (χ1n) is 3.67. The molecule has 0 spiro atoms. The fraction of sp³-hybridized carbons (Fsp3) is 0.250. The van der Waals surface area contributed by atoms with Crippen molar-refractivity contribution in [2.24, 2.45) is 0 Å². The average molecular weight is 438 g/mol. The molecular weight excluding hydrogens is 430 g/mol. The van der Waals surface area contributed by atoms with Gasteiger partial charge in [0.25, 0.3) is 10.1 Å². The van der Waals surface area contributed by atoms with Crippen molar-refractivity contribution >= 4 is 55.3 Å². The zero-order chi connectivity index (χ0) is 11.0. The van der Waals surface area contributed by atoms with Crippen LogP contribution >= 0.6 is 45.2 Å². The van der Waals surface area contributed by atoms with Crippen LogP contribution < -0.4 is 0 Å². The van der Waals surface area contributed by atoms with Gasteiger partial charge >= 0.3 is 0 Å². The van der Waals surface area contributed by atoms with Crippen LogP contribution in [0.25, 0.3) is 0 Å². The van der Waals surface area contributed by atoms with E-state index in [1.54, 1.807) is 57.3 Å². The van der Waals surface area contributed by atoms with E-state index in [1.807, 2.05) is 19.1 Å². The number of hydrogen-bond donors (Lipinski definition) is 1. The zero-order valence-corrected chi connectivity index (χ0v) is 12.4. The summed E-state index contributed by atoms with van der Waals surface area (Å²) >= 11 is 3.42. The molecule has 1 rings (SSSR count). The summed E-state index contributed by atoms with van der Waals surface area (Å²) in [6.45, 7) is 1.92. The molecule has 1 N–H and O–H groups in total. The highest BCUT2D eigenvalue weighted by Gasteiger charge is 2.39. The lowest BCUT2D eigenvalue weighted by Crippen LogP contribution is -2.21. The monoisotopic (exact) mass is 438 g/mol. The van der Waals surface area contributed by atoms with Gasteiger partial charge in [0.1, 0.15) is 0 Å². The minimum atomic E-state index is -4.09. The van der Waals surface area contributed by atoms with Crippen LogP contribution in [-0.2, 0) is 10.9 Å². The lowest BCUT2D eigenvalue weighted by Gasteiger charge is -2.17. The van der Waals surface area contributed by atoms with E-state index in [-0.39, 0.29) is 0 Å². The summed E-state index contributed by atoms with van der Waals surface area (Å²) in [5, 5.41) is 0. The third-order valence-corrected chi connectivity index (χ3v) is 7.18. The Morgan fingerprint density at radius 3 is 2.00 bits per heavy atom. The topological polar surface area (TPSA) is 54.4 Å². The normalized spacial score (nSPS) is 12.9. The molecule has 0 radical (unpaired) electrons. The summed E-state index contributed by atoms with van der Waals surface area (Å²) < 4.78 is 29.9. The first-order valence-corrected chi connectivity index (χ1v) is 7.27. The van der Waals surface area contributed by atoms with Gasteiger partial charge in [-0.3, -0.25) is 4.55 Å². The molecule has 0 bridgehead atoms. The minimum Gasteiger partial charge on any atom is -0.284 e. The van der Waals surface area contributed by atoms with Crippen molar-refractivity contribution < 1.29 is 13.0 Å². The zero-order valence-electron chi connectivity index (χ0n) is 7.24. The van der Waals surface area contributed by atoms with E-state index in [0.29, 0.717) is 5.56 Å². The molecule has 0 saturated carbocycles. The van der Waals surface area contributed by atoms with Crippen molar-refractivity contribution in [2.75, 3.05) is 0 Å². The van der Waals surface area contributed by atoms with Gasteiger partial charge in [-0.05, 0) is 57.7 Å². The van der Waals surface area contributed by atoms with Crippen LogP contribution in [0.15, 0.2) is 24.3 Å². The molecule has 1 aromatic carbocycles. The largest absolute Gasteiger partial charge is 0.293 e. The molecule has 6 heteroatoms. The Hall–Kier alpha value is 0.590. The van der Waals surface area contributed by atoms with Crippen LogP contribution in [0, 0.1) is 6.92 Å². The fourth-order valence-corrected chi connectivity index (χ4v) is 2.05. The van der Waals surface area contributed by atoms with E-state index in [4.69, 9.17) is 4.55 Å². The summed E-state index contributed by atoms with van der Waals surface area (Å²) in [5.74, 6) is 0. The Kier molecular flexibility index (Phi) is 3.82. The lowest BCUT2D eigenvalue weighted by atomic mass is 10.2. The Morgan fingerprint density at radius 1 is 1.21 bits per heavy atom. The van der Waals surface area contributed by atoms with Crippen molar-refractivity contribution in [3.05, 3.63) is 35.4 Å². The van der Waals surface area contributed by atoms with Gasteiger partial charge in [0.2, 0.25) is 0.760 Å². The smallest absolute Gasteiger partial charge is 0.284 e. The standard InChI is InChI=1S/C8H8I2O3S/c1-6-2-4-7(5-3-6)8(9,10)14(11,12)13/h2-5H,1H3,(H,11,12,13). The van der Waals surface area contributed by atoms with E-state index < -0.39 is 10.9 Å². The molecule has 1 aromatic rings. The van der Waals surface area contributed by atoms with Gasteiger partial charge in [0, 0.05) is 0 Å². The Balaban J connectivity index is 3.24. The number of hydrogen-bond acceptors (Lipinski definition) is 2. The van der Waals surface area contributed by atoms with Crippen molar-refractivity contribution in [3.63, 3.8) is 0 Å². The third kappa shape index (κ3) is 2.58. The molecule has 0 saturated heterocycles. The first kappa shape index (κ1) is 12.7. The maximum Gasteiger partial charge on any atom is 0.293 e. The molecule has 0 fully saturated rings. The third-order valence-electron chi connectivity index (χ3n) is 1.71. The van der Waals surface area contributed by atoms with E-state index >= 15 is 0 Å². The Labute approximate surface area is 110 Å². The minimum absolute atomic E-state index is 0.562.